The van der Waals surface area contributed by atoms with Gasteiger partial charge in [-0.1, -0.05) is 0 Å². The van der Waals surface area contributed by atoms with E-state index in [1.165, 1.54) is 0 Å². The number of hydrogen-bond donors (Lipinski definition) is 2. The van der Waals surface area contributed by atoms with Gasteiger partial charge in [0.05, 0.1) is 21.2 Å². The molecule has 7 rings (SSSR count). The smallest absolute Gasteiger partial charge is 0.366 e. The SMILES string of the molecule is [2H]C([2H])([2H])N1CCS(=O)(=O)c2cc(-c3nc(Nc4ccc(N5C[C@H]6C[C@@H]5CN6)cc4C4CC4)ncc3C(F)(F)F)sc2C1=O. The molecule has 2 saturated heterocycles. The third-order valence-electron chi connectivity index (χ3n) is 8.07. The molecule has 2 atom stereocenters. The van der Waals surface area contributed by atoms with Crippen LogP contribution in [-0.2, 0) is 16.0 Å². The minimum atomic E-state index is -4.90. The maximum Gasteiger partial charge on any atom is 0.420 e. The van der Waals surface area contributed by atoms with Gasteiger partial charge in [-0.3, -0.25) is 4.79 Å². The summed E-state index contributed by atoms with van der Waals surface area (Å²) in [6.45, 7) is -1.65. The highest BCUT2D eigenvalue weighted by Gasteiger charge is 2.40. The van der Waals surface area contributed by atoms with Gasteiger partial charge >= 0.3 is 6.18 Å². The number of carbonyl (C=O) groups is 1. The van der Waals surface area contributed by atoms with Crippen LogP contribution in [0.5, 0.6) is 0 Å². The van der Waals surface area contributed by atoms with Crippen LogP contribution in [0.2, 0.25) is 0 Å². The summed E-state index contributed by atoms with van der Waals surface area (Å²) in [6.07, 6.45) is -1.20. The van der Waals surface area contributed by atoms with Gasteiger partial charge in [0.25, 0.3) is 5.91 Å². The topological polar surface area (TPSA) is 108 Å². The molecule has 1 saturated carbocycles. The molecule has 1 amide bonds. The Bertz CT molecular complexity index is 1780. The summed E-state index contributed by atoms with van der Waals surface area (Å²) >= 11 is 0.468. The number of aromatic nitrogens is 2. The van der Waals surface area contributed by atoms with E-state index in [0.717, 1.165) is 49.7 Å². The Kier molecular flexibility index (Phi) is 5.35. The van der Waals surface area contributed by atoms with Crippen molar-refractivity contribution in [3.05, 3.63) is 46.5 Å². The van der Waals surface area contributed by atoms with E-state index in [1.54, 1.807) is 0 Å². The fourth-order valence-electron chi connectivity index (χ4n) is 5.83. The first-order chi connectivity index (χ1) is 20.7. The molecule has 2 aromatic heterocycles. The summed E-state index contributed by atoms with van der Waals surface area (Å²) in [7, 11) is -4.17. The van der Waals surface area contributed by atoms with Gasteiger partial charge in [-0.05, 0) is 55.0 Å². The first-order valence-corrected chi connectivity index (χ1v) is 15.7. The third-order valence-corrected chi connectivity index (χ3v) is 11.0. The highest BCUT2D eigenvalue weighted by molar-refractivity contribution is 7.91. The van der Waals surface area contributed by atoms with Crippen molar-refractivity contribution >= 4 is 44.4 Å². The minimum absolute atomic E-state index is 0.131. The quantitative estimate of drug-likeness (QED) is 0.444. The zero-order valence-corrected chi connectivity index (χ0v) is 23.2. The van der Waals surface area contributed by atoms with Crippen LogP contribution >= 0.6 is 11.3 Å². The van der Waals surface area contributed by atoms with Crippen LogP contribution in [0, 0.1) is 0 Å². The van der Waals surface area contributed by atoms with Crippen molar-refractivity contribution in [3.8, 4) is 10.6 Å². The van der Waals surface area contributed by atoms with Gasteiger partial charge in [0.15, 0.2) is 9.84 Å². The van der Waals surface area contributed by atoms with E-state index in [0.29, 0.717) is 46.1 Å². The number of nitrogens with zero attached hydrogens (tertiary/aromatic N) is 4. The fourth-order valence-corrected chi connectivity index (χ4v) is 8.72. The van der Waals surface area contributed by atoms with Crippen LogP contribution in [-0.4, -0.2) is 73.6 Å². The lowest BCUT2D eigenvalue weighted by atomic mass is 10.1. The average Bonchev–Trinajstić information content (AvgIpc) is 3.35. The molecule has 3 fully saturated rings. The summed E-state index contributed by atoms with van der Waals surface area (Å²) in [5.41, 5.74) is 0.955. The van der Waals surface area contributed by atoms with E-state index in [4.69, 9.17) is 4.11 Å². The maximum absolute atomic E-state index is 14.1. The molecule has 4 aliphatic rings. The molecule has 5 heterocycles. The second-order valence-corrected chi connectivity index (χ2v) is 14.0. The molecule has 2 N–H and O–H groups in total. The Morgan fingerprint density at radius 3 is 2.76 bits per heavy atom. The Labute approximate surface area is 242 Å². The Hall–Kier alpha value is -3.23. The fraction of sp³-hybridized carbons (Fsp3) is 0.444. The highest BCUT2D eigenvalue weighted by Crippen LogP contribution is 2.47. The van der Waals surface area contributed by atoms with Gasteiger partial charge in [0.2, 0.25) is 5.95 Å². The standard InChI is InChI=1S/C27H27F3N6O3S2/c1-35-6-7-41(38,39)22-10-21(40-24(22)25(35)37)23-19(27(28,29)30)12-32-26(34-23)33-20-5-4-16(9-18(20)14-2-3-14)36-13-15-8-17(36)11-31-15/h4-5,9-10,12,14-15,17,31H,2-3,6-8,11,13H2,1H3,(H,32,33,34)/t15-,17-/m1/s1/i1D3. The number of carbonyl (C=O) groups excluding carboxylic acids is 1. The molecule has 14 heteroatoms. The first-order valence-electron chi connectivity index (χ1n) is 14.7. The zero-order valence-electron chi connectivity index (χ0n) is 24.5. The molecule has 1 aromatic carbocycles. The number of piperazine rings is 1. The Balaban J connectivity index is 1.27. The van der Waals surface area contributed by atoms with Gasteiger partial charge < -0.3 is 20.4 Å². The molecule has 41 heavy (non-hydrogen) atoms. The van der Waals surface area contributed by atoms with Crippen LogP contribution in [0.4, 0.5) is 30.5 Å². The number of hydrogen-bond acceptors (Lipinski definition) is 9. The van der Waals surface area contributed by atoms with Gasteiger partial charge in [0, 0.05) is 60.4 Å². The van der Waals surface area contributed by atoms with Crippen LogP contribution in [0.25, 0.3) is 10.6 Å². The summed E-state index contributed by atoms with van der Waals surface area (Å²) in [4.78, 5) is 22.8. The second kappa shape index (κ2) is 9.39. The lowest BCUT2D eigenvalue weighted by molar-refractivity contribution is -0.137. The van der Waals surface area contributed by atoms with Crippen LogP contribution < -0.4 is 15.5 Å². The number of fused-ring (bicyclic) bond motifs is 3. The zero-order chi connectivity index (χ0) is 31.2. The van der Waals surface area contributed by atoms with E-state index in [9.17, 15) is 26.4 Å². The number of amides is 1. The monoisotopic (exact) mass is 607 g/mol. The molecule has 2 bridgehead atoms. The van der Waals surface area contributed by atoms with Crippen molar-refractivity contribution in [1.82, 2.24) is 20.2 Å². The van der Waals surface area contributed by atoms with E-state index >= 15 is 0 Å². The van der Waals surface area contributed by atoms with Crippen molar-refractivity contribution in [1.29, 1.82) is 0 Å². The van der Waals surface area contributed by atoms with Crippen molar-refractivity contribution in [3.63, 3.8) is 0 Å². The predicted molar refractivity (Wildman–Crippen MR) is 149 cm³/mol. The van der Waals surface area contributed by atoms with Gasteiger partial charge in [0.1, 0.15) is 10.4 Å². The molecule has 1 aliphatic carbocycles. The Morgan fingerprint density at radius 2 is 2.07 bits per heavy atom. The number of nitrogens with one attached hydrogen (secondary N) is 2. The van der Waals surface area contributed by atoms with Crippen molar-refractivity contribution in [2.45, 2.75) is 48.3 Å². The molecule has 0 spiro atoms. The summed E-state index contributed by atoms with van der Waals surface area (Å²) < 4.78 is 91.4. The van der Waals surface area contributed by atoms with E-state index in [1.807, 2.05) is 12.1 Å². The summed E-state index contributed by atoms with van der Waals surface area (Å²) in [5, 5.41) is 6.56. The molecule has 0 radical (unpaired) electrons. The Morgan fingerprint density at radius 1 is 1.24 bits per heavy atom. The number of thiophene rings is 1. The molecule has 9 nitrogen and oxygen atoms in total. The third kappa shape index (κ3) is 4.75. The lowest BCUT2D eigenvalue weighted by Crippen LogP contribution is -2.43. The van der Waals surface area contributed by atoms with Crippen LogP contribution in [0.15, 0.2) is 35.4 Å². The van der Waals surface area contributed by atoms with Gasteiger partial charge in [-0.2, -0.15) is 13.2 Å². The molecule has 3 aliphatic heterocycles. The number of alkyl halides is 3. The van der Waals surface area contributed by atoms with E-state index in [-0.39, 0.29) is 10.8 Å². The number of rotatable bonds is 5. The largest absolute Gasteiger partial charge is 0.420 e. The first kappa shape index (κ1) is 23.3. The number of halogens is 3. The maximum atomic E-state index is 14.1. The van der Waals surface area contributed by atoms with E-state index < -0.39 is 62.2 Å². The minimum Gasteiger partial charge on any atom is -0.366 e. The molecule has 3 aromatic rings. The van der Waals surface area contributed by atoms with Crippen molar-refractivity contribution in [2.24, 2.45) is 0 Å². The normalized spacial score (nSPS) is 25.0. The molecular weight excluding hydrogens is 577 g/mol. The van der Waals surface area contributed by atoms with E-state index in [2.05, 4.69) is 31.6 Å². The molecular formula is C27H27F3N6O3S2. The number of sulfone groups is 1. The van der Waals surface area contributed by atoms with Gasteiger partial charge in [-0.25, -0.2) is 18.4 Å². The van der Waals surface area contributed by atoms with Crippen molar-refractivity contribution < 1.29 is 30.5 Å². The summed E-state index contributed by atoms with van der Waals surface area (Å²) in [5.74, 6) is -1.60. The molecule has 216 valence electrons. The van der Waals surface area contributed by atoms with Crippen molar-refractivity contribution in [2.75, 3.05) is 42.6 Å². The number of benzene rings is 1. The predicted octanol–water partition coefficient (Wildman–Crippen LogP) is 4.25. The lowest BCUT2D eigenvalue weighted by Gasteiger charge is -2.30. The van der Waals surface area contributed by atoms with Crippen LogP contribution in [0.3, 0.4) is 0 Å². The second-order valence-electron chi connectivity index (χ2n) is 10.9. The average molecular weight is 608 g/mol. The molecule has 0 unspecified atom stereocenters. The van der Waals surface area contributed by atoms with Gasteiger partial charge in [-0.15, -0.1) is 11.3 Å². The highest BCUT2D eigenvalue weighted by atomic mass is 32.2. The number of anilines is 3. The summed E-state index contributed by atoms with van der Waals surface area (Å²) in [6, 6.07) is 7.84. The van der Waals surface area contributed by atoms with Crippen LogP contribution in [0.1, 0.15) is 50.1 Å².